The predicted molar refractivity (Wildman–Crippen MR) is 133 cm³/mol. The number of carbonyl (C=O) groups excluding carboxylic acids is 1. The highest BCUT2D eigenvalue weighted by molar-refractivity contribution is 5.98. The van der Waals surface area contributed by atoms with Gasteiger partial charge in [-0.2, -0.15) is 0 Å². The Morgan fingerprint density at radius 1 is 1.21 bits per heavy atom. The zero-order valence-corrected chi connectivity index (χ0v) is 20.1. The molecule has 0 radical (unpaired) electrons. The number of piperidine rings is 1. The minimum absolute atomic E-state index is 0.0229. The number of allylic oxidation sites excluding steroid dienone is 1. The minimum Gasteiger partial charge on any atom is -0.354 e. The fraction of sp³-hybridized carbons (Fsp3) is 0.519. The van der Waals surface area contributed by atoms with E-state index in [4.69, 9.17) is 9.97 Å². The van der Waals surface area contributed by atoms with E-state index in [1.54, 1.807) is 0 Å². The van der Waals surface area contributed by atoms with Gasteiger partial charge in [0.1, 0.15) is 0 Å². The third kappa shape index (κ3) is 4.54. The Morgan fingerprint density at radius 3 is 2.85 bits per heavy atom. The number of nitrogens with zero attached hydrogens (tertiary/aromatic N) is 3. The number of aryl methyl sites for hydroxylation is 1. The first kappa shape index (κ1) is 22.1. The van der Waals surface area contributed by atoms with Gasteiger partial charge in [0.15, 0.2) is 0 Å². The van der Waals surface area contributed by atoms with Crippen LogP contribution in [0.15, 0.2) is 30.5 Å². The van der Waals surface area contributed by atoms with Crippen molar-refractivity contribution in [3.63, 3.8) is 0 Å². The Labute approximate surface area is 196 Å². The van der Waals surface area contributed by atoms with E-state index in [0.717, 1.165) is 59.7 Å². The number of anilines is 1. The summed E-state index contributed by atoms with van der Waals surface area (Å²) in [5.41, 5.74) is 6.39. The van der Waals surface area contributed by atoms with E-state index in [2.05, 4.69) is 54.6 Å². The Balaban J connectivity index is 1.40. The van der Waals surface area contributed by atoms with Crippen molar-refractivity contribution in [2.45, 2.75) is 51.4 Å². The van der Waals surface area contributed by atoms with Gasteiger partial charge in [0.05, 0.1) is 5.69 Å². The van der Waals surface area contributed by atoms with E-state index in [-0.39, 0.29) is 11.3 Å². The highest BCUT2D eigenvalue weighted by Gasteiger charge is 2.32. The van der Waals surface area contributed by atoms with Crippen LogP contribution >= 0.6 is 0 Å². The number of aromatic nitrogens is 2. The van der Waals surface area contributed by atoms with Crippen molar-refractivity contribution in [1.82, 2.24) is 20.2 Å². The van der Waals surface area contributed by atoms with E-state index in [1.165, 1.54) is 31.5 Å². The summed E-state index contributed by atoms with van der Waals surface area (Å²) in [5, 5.41) is 6.52. The number of rotatable bonds is 4. The highest BCUT2D eigenvalue weighted by Crippen LogP contribution is 2.35. The van der Waals surface area contributed by atoms with Crippen LogP contribution < -0.4 is 10.6 Å². The third-order valence-corrected chi connectivity index (χ3v) is 7.51. The van der Waals surface area contributed by atoms with Crippen LogP contribution in [0.2, 0.25) is 0 Å². The number of likely N-dealkylation sites (tertiary alicyclic amines) is 1. The molecule has 0 saturated carbocycles. The minimum atomic E-state index is -0.0917. The third-order valence-electron chi connectivity index (χ3n) is 7.51. The van der Waals surface area contributed by atoms with Crippen molar-refractivity contribution in [3.8, 4) is 0 Å². The van der Waals surface area contributed by atoms with Gasteiger partial charge in [-0.1, -0.05) is 26.0 Å². The summed E-state index contributed by atoms with van der Waals surface area (Å²) in [7, 11) is 2.20. The van der Waals surface area contributed by atoms with Gasteiger partial charge in [-0.15, -0.1) is 0 Å². The molecular formula is C27H35N5O. The molecule has 2 aliphatic heterocycles. The van der Waals surface area contributed by atoms with Crippen molar-refractivity contribution >= 4 is 17.4 Å². The number of benzene rings is 1. The largest absolute Gasteiger partial charge is 0.354 e. The smallest absolute Gasteiger partial charge is 0.251 e. The average molecular weight is 446 g/mol. The lowest BCUT2D eigenvalue weighted by molar-refractivity contribution is 0.0930. The van der Waals surface area contributed by atoms with Crippen LogP contribution in [0, 0.1) is 5.92 Å². The fourth-order valence-corrected chi connectivity index (χ4v) is 5.28. The molecule has 1 amide bonds. The number of nitrogens with one attached hydrogen (secondary N) is 2. The SMILES string of the molecule is CN1CCC(CNc2ncc3c(n2)CCCC=C3c2ccc3c(c2)C(C)(C)CNC3=O)CC1. The number of carbonyl (C=O) groups is 1. The van der Waals surface area contributed by atoms with E-state index in [0.29, 0.717) is 12.5 Å². The molecule has 1 fully saturated rings. The monoisotopic (exact) mass is 445 g/mol. The van der Waals surface area contributed by atoms with Crippen LogP contribution in [0.25, 0.3) is 5.57 Å². The number of fused-ring (bicyclic) bond motifs is 2. The van der Waals surface area contributed by atoms with Crippen LogP contribution in [0.5, 0.6) is 0 Å². The summed E-state index contributed by atoms with van der Waals surface area (Å²) >= 11 is 0. The second-order valence-electron chi connectivity index (χ2n) is 10.5. The first-order valence-corrected chi connectivity index (χ1v) is 12.3. The highest BCUT2D eigenvalue weighted by atomic mass is 16.1. The van der Waals surface area contributed by atoms with Crippen LogP contribution in [0.4, 0.5) is 5.95 Å². The second-order valence-corrected chi connectivity index (χ2v) is 10.5. The molecule has 6 nitrogen and oxygen atoms in total. The molecule has 3 heterocycles. The zero-order chi connectivity index (χ0) is 23.0. The van der Waals surface area contributed by atoms with E-state index < -0.39 is 0 Å². The van der Waals surface area contributed by atoms with Crippen LogP contribution in [-0.4, -0.2) is 54.0 Å². The summed E-state index contributed by atoms with van der Waals surface area (Å²) in [6, 6.07) is 6.26. The van der Waals surface area contributed by atoms with Crippen molar-refractivity contribution in [3.05, 3.63) is 58.4 Å². The predicted octanol–water partition coefficient (Wildman–Crippen LogP) is 4.02. The van der Waals surface area contributed by atoms with E-state index >= 15 is 0 Å². The van der Waals surface area contributed by atoms with Crippen molar-refractivity contribution in [2.24, 2.45) is 5.92 Å². The first-order chi connectivity index (χ1) is 15.9. The Kier molecular flexibility index (Phi) is 5.95. The maximum absolute atomic E-state index is 12.4. The quantitative estimate of drug-likeness (QED) is 0.744. The van der Waals surface area contributed by atoms with Crippen molar-refractivity contribution in [1.29, 1.82) is 0 Å². The van der Waals surface area contributed by atoms with Gasteiger partial charge in [-0.3, -0.25) is 4.79 Å². The summed E-state index contributed by atoms with van der Waals surface area (Å²) < 4.78 is 0. The Morgan fingerprint density at radius 2 is 2.03 bits per heavy atom. The van der Waals surface area contributed by atoms with Gasteiger partial charge in [0.25, 0.3) is 5.91 Å². The summed E-state index contributed by atoms with van der Waals surface area (Å²) in [6.07, 6.45) is 9.83. The summed E-state index contributed by atoms with van der Waals surface area (Å²) in [5.74, 6) is 1.46. The topological polar surface area (TPSA) is 70.2 Å². The Bertz CT molecular complexity index is 1080. The van der Waals surface area contributed by atoms with Crippen LogP contribution in [-0.2, 0) is 11.8 Å². The molecule has 0 atom stereocenters. The molecule has 1 saturated heterocycles. The molecule has 1 aromatic carbocycles. The molecule has 0 spiro atoms. The maximum atomic E-state index is 12.4. The fourth-order valence-electron chi connectivity index (χ4n) is 5.28. The van der Waals surface area contributed by atoms with Gasteiger partial charge >= 0.3 is 0 Å². The van der Waals surface area contributed by atoms with Gasteiger partial charge in [-0.25, -0.2) is 9.97 Å². The summed E-state index contributed by atoms with van der Waals surface area (Å²) in [4.78, 5) is 24.4. The molecule has 6 heteroatoms. The number of hydrogen-bond acceptors (Lipinski definition) is 5. The number of amides is 1. The van der Waals surface area contributed by atoms with E-state index in [9.17, 15) is 4.79 Å². The Hall–Kier alpha value is -2.73. The molecule has 174 valence electrons. The molecule has 2 N–H and O–H groups in total. The van der Waals surface area contributed by atoms with Gasteiger partial charge in [-0.05, 0) is 87.0 Å². The number of hydrogen-bond donors (Lipinski definition) is 2. The molecule has 33 heavy (non-hydrogen) atoms. The van der Waals surface area contributed by atoms with Gasteiger partial charge < -0.3 is 15.5 Å². The van der Waals surface area contributed by atoms with Crippen molar-refractivity contribution in [2.75, 3.05) is 38.5 Å². The zero-order valence-electron chi connectivity index (χ0n) is 20.1. The van der Waals surface area contributed by atoms with Gasteiger partial charge in [0, 0.05) is 35.8 Å². The second kappa shape index (κ2) is 8.90. The lowest BCUT2D eigenvalue weighted by Crippen LogP contribution is -2.43. The van der Waals surface area contributed by atoms with Crippen LogP contribution in [0.1, 0.15) is 72.3 Å². The molecule has 0 unspecified atom stereocenters. The molecular weight excluding hydrogens is 410 g/mol. The standard InChI is InChI=1S/C27H35N5O/c1-27(2)17-30-25(33)21-9-8-19(14-23(21)27)20-6-4-5-7-24-22(20)16-29-26(31-24)28-15-18-10-12-32(3)13-11-18/h6,8-9,14,16,18H,4-5,7,10-13,15,17H2,1-3H3,(H,30,33)(H,28,29,31). The van der Waals surface area contributed by atoms with Gasteiger partial charge in [0.2, 0.25) is 5.95 Å². The summed E-state index contributed by atoms with van der Waals surface area (Å²) in [6.45, 7) is 8.33. The average Bonchev–Trinajstić information content (AvgIpc) is 3.03. The molecule has 1 aliphatic carbocycles. The molecule has 3 aliphatic rings. The molecule has 1 aromatic heterocycles. The lowest BCUT2D eigenvalue weighted by atomic mass is 9.77. The first-order valence-electron chi connectivity index (χ1n) is 12.3. The molecule has 2 aromatic rings. The maximum Gasteiger partial charge on any atom is 0.251 e. The lowest BCUT2D eigenvalue weighted by Gasteiger charge is -2.33. The van der Waals surface area contributed by atoms with Crippen LogP contribution in [0.3, 0.4) is 0 Å². The molecule has 0 bridgehead atoms. The normalized spacial score (nSPS) is 20.8. The van der Waals surface area contributed by atoms with E-state index in [1.807, 2.05) is 12.3 Å². The molecule has 5 rings (SSSR count). The van der Waals surface area contributed by atoms with Crippen molar-refractivity contribution < 1.29 is 4.79 Å².